The van der Waals surface area contributed by atoms with E-state index in [-0.39, 0.29) is 17.2 Å². The minimum absolute atomic E-state index is 0.101. The fourth-order valence-corrected chi connectivity index (χ4v) is 2.90. The number of rotatable bonds is 3. The Morgan fingerprint density at radius 1 is 0.963 bits per heavy atom. The van der Waals surface area contributed by atoms with Crippen LogP contribution in [0.5, 0.6) is 0 Å². The van der Waals surface area contributed by atoms with Crippen LogP contribution in [0.25, 0.3) is 22.4 Å². The van der Waals surface area contributed by atoms with E-state index in [1.165, 1.54) is 12.1 Å². The molecule has 0 bridgehead atoms. The summed E-state index contributed by atoms with van der Waals surface area (Å²) in [5.74, 6) is 0.274. The fraction of sp³-hybridized carbons (Fsp3) is 0.105. The van der Waals surface area contributed by atoms with Crippen LogP contribution in [-0.4, -0.2) is 20.2 Å². The number of nitrogens with two attached hydrogens (primary N) is 1. The van der Waals surface area contributed by atoms with Gasteiger partial charge in [-0.1, -0.05) is 42.5 Å². The van der Waals surface area contributed by atoms with Crippen molar-refractivity contribution in [2.24, 2.45) is 0 Å². The van der Waals surface area contributed by atoms with Crippen molar-refractivity contribution in [3.05, 3.63) is 71.4 Å². The maximum atomic E-state index is 12.9. The second-order valence-corrected chi connectivity index (χ2v) is 6.07. The molecule has 136 valence electrons. The van der Waals surface area contributed by atoms with Gasteiger partial charge in [-0.2, -0.15) is 18.3 Å². The van der Waals surface area contributed by atoms with Crippen molar-refractivity contribution in [3.8, 4) is 11.4 Å². The SMILES string of the molecule is Nc1nc(-c2cccc(C(F)(F)F)c2)nc2n[nH]c(Cc3ccccc3)c12. The molecule has 2 aromatic heterocycles. The first-order valence-corrected chi connectivity index (χ1v) is 8.14. The summed E-state index contributed by atoms with van der Waals surface area (Å²) in [4.78, 5) is 8.50. The fourth-order valence-electron chi connectivity index (χ4n) is 2.90. The summed E-state index contributed by atoms with van der Waals surface area (Å²) >= 11 is 0. The number of nitrogens with zero attached hydrogens (tertiary/aromatic N) is 3. The van der Waals surface area contributed by atoms with Crippen LogP contribution in [0, 0.1) is 0 Å². The van der Waals surface area contributed by atoms with Gasteiger partial charge >= 0.3 is 6.18 Å². The average Bonchev–Trinajstić information content (AvgIpc) is 3.05. The lowest BCUT2D eigenvalue weighted by atomic mass is 10.1. The van der Waals surface area contributed by atoms with Gasteiger partial charge in [0.15, 0.2) is 11.5 Å². The van der Waals surface area contributed by atoms with Crippen LogP contribution in [0.3, 0.4) is 0 Å². The van der Waals surface area contributed by atoms with Crippen LogP contribution in [0.4, 0.5) is 19.0 Å². The number of fused-ring (bicyclic) bond motifs is 1. The first-order valence-electron chi connectivity index (χ1n) is 8.14. The summed E-state index contributed by atoms with van der Waals surface area (Å²) in [5, 5.41) is 7.64. The van der Waals surface area contributed by atoms with Crippen LogP contribution in [0.1, 0.15) is 16.8 Å². The molecule has 0 saturated heterocycles. The number of aromatic amines is 1. The lowest BCUT2D eigenvalue weighted by molar-refractivity contribution is -0.137. The van der Waals surface area contributed by atoms with Crippen LogP contribution in [0.2, 0.25) is 0 Å². The third kappa shape index (κ3) is 3.33. The number of nitrogens with one attached hydrogen (secondary N) is 1. The highest BCUT2D eigenvalue weighted by Crippen LogP contribution is 2.32. The van der Waals surface area contributed by atoms with Gasteiger partial charge < -0.3 is 5.73 Å². The second kappa shape index (κ2) is 6.39. The summed E-state index contributed by atoms with van der Waals surface area (Å²) in [7, 11) is 0. The van der Waals surface area contributed by atoms with Gasteiger partial charge in [-0.05, 0) is 17.7 Å². The summed E-state index contributed by atoms with van der Waals surface area (Å²) in [6.07, 6.45) is -3.88. The molecule has 0 unspecified atom stereocenters. The maximum Gasteiger partial charge on any atom is 0.416 e. The number of anilines is 1. The summed E-state index contributed by atoms with van der Waals surface area (Å²) < 4.78 is 38.8. The Morgan fingerprint density at radius 3 is 2.48 bits per heavy atom. The molecule has 2 heterocycles. The number of hydrogen-bond acceptors (Lipinski definition) is 4. The third-order valence-electron chi connectivity index (χ3n) is 4.19. The molecule has 27 heavy (non-hydrogen) atoms. The number of H-pyrrole nitrogens is 1. The maximum absolute atomic E-state index is 12.9. The van der Waals surface area contributed by atoms with Gasteiger partial charge in [-0.3, -0.25) is 5.10 Å². The van der Waals surface area contributed by atoms with Crippen molar-refractivity contribution in [1.29, 1.82) is 0 Å². The van der Waals surface area contributed by atoms with E-state index in [1.54, 1.807) is 0 Å². The molecule has 2 aromatic carbocycles. The predicted molar refractivity (Wildman–Crippen MR) is 95.8 cm³/mol. The van der Waals surface area contributed by atoms with Gasteiger partial charge in [0.2, 0.25) is 0 Å². The van der Waals surface area contributed by atoms with Gasteiger partial charge in [0.25, 0.3) is 0 Å². The van der Waals surface area contributed by atoms with E-state index in [0.29, 0.717) is 17.5 Å². The smallest absolute Gasteiger partial charge is 0.383 e. The van der Waals surface area contributed by atoms with Gasteiger partial charge in [-0.15, -0.1) is 0 Å². The lowest BCUT2D eigenvalue weighted by Gasteiger charge is -2.08. The van der Waals surface area contributed by atoms with Crippen LogP contribution in [0.15, 0.2) is 54.6 Å². The zero-order valence-corrected chi connectivity index (χ0v) is 14.0. The number of aromatic nitrogens is 4. The van der Waals surface area contributed by atoms with Gasteiger partial charge in [-0.25, -0.2) is 9.97 Å². The van der Waals surface area contributed by atoms with E-state index < -0.39 is 11.7 Å². The van der Waals surface area contributed by atoms with Crippen molar-refractivity contribution in [2.75, 3.05) is 5.73 Å². The van der Waals surface area contributed by atoms with Gasteiger partial charge in [0.05, 0.1) is 16.6 Å². The first-order chi connectivity index (χ1) is 12.9. The molecule has 3 N–H and O–H groups in total. The summed E-state index contributed by atoms with van der Waals surface area (Å²) in [6, 6.07) is 14.5. The van der Waals surface area contributed by atoms with E-state index in [1.807, 2.05) is 30.3 Å². The Labute approximate surface area is 152 Å². The highest BCUT2D eigenvalue weighted by atomic mass is 19.4. The number of hydrogen-bond donors (Lipinski definition) is 2. The van der Waals surface area contributed by atoms with Crippen molar-refractivity contribution < 1.29 is 13.2 Å². The Morgan fingerprint density at radius 2 is 1.74 bits per heavy atom. The molecular weight excluding hydrogens is 355 g/mol. The average molecular weight is 369 g/mol. The van der Waals surface area contributed by atoms with E-state index in [0.717, 1.165) is 23.4 Å². The highest BCUT2D eigenvalue weighted by molar-refractivity contribution is 5.89. The zero-order chi connectivity index (χ0) is 19.0. The number of halogens is 3. The van der Waals surface area contributed by atoms with Crippen LogP contribution < -0.4 is 5.73 Å². The Kier molecular flexibility index (Phi) is 4.02. The van der Waals surface area contributed by atoms with Crippen molar-refractivity contribution in [1.82, 2.24) is 20.2 Å². The monoisotopic (exact) mass is 369 g/mol. The molecule has 0 fully saturated rings. The van der Waals surface area contributed by atoms with Crippen molar-refractivity contribution in [3.63, 3.8) is 0 Å². The topological polar surface area (TPSA) is 80.5 Å². The number of nitrogen functional groups attached to an aromatic ring is 1. The van der Waals surface area contributed by atoms with Crippen molar-refractivity contribution >= 4 is 16.9 Å². The minimum Gasteiger partial charge on any atom is -0.383 e. The van der Waals surface area contributed by atoms with E-state index in [2.05, 4.69) is 20.2 Å². The van der Waals surface area contributed by atoms with E-state index in [9.17, 15) is 13.2 Å². The molecule has 4 rings (SSSR count). The number of benzene rings is 2. The third-order valence-corrected chi connectivity index (χ3v) is 4.19. The first kappa shape index (κ1) is 17.0. The Hall–Kier alpha value is -3.42. The molecule has 0 radical (unpaired) electrons. The lowest BCUT2D eigenvalue weighted by Crippen LogP contribution is -2.05. The van der Waals surface area contributed by atoms with E-state index in [4.69, 9.17) is 5.73 Å². The molecule has 0 aliphatic carbocycles. The van der Waals surface area contributed by atoms with Crippen LogP contribution in [-0.2, 0) is 12.6 Å². The second-order valence-electron chi connectivity index (χ2n) is 6.07. The zero-order valence-electron chi connectivity index (χ0n) is 14.0. The number of alkyl halides is 3. The molecule has 5 nitrogen and oxygen atoms in total. The Balaban J connectivity index is 1.76. The van der Waals surface area contributed by atoms with Gasteiger partial charge in [0, 0.05) is 12.0 Å². The summed E-state index contributed by atoms with van der Waals surface area (Å²) in [5.41, 5.74) is 7.68. The molecule has 0 atom stereocenters. The van der Waals surface area contributed by atoms with Crippen LogP contribution >= 0.6 is 0 Å². The standard InChI is InChI=1S/C19H14F3N5/c20-19(21,22)13-8-4-7-12(10-13)17-24-16(23)15-14(26-27-18(15)25-17)9-11-5-2-1-3-6-11/h1-8,10H,9H2,(H3,23,24,25,26,27). The molecule has 0 aliphatic heterocycles. The molecule has 4 aromatic rings. The van der Waals surface area contributed by atoms with E-state index >= 15 is 0 Å². The molecule has 0 saturated carbocycles. The molecular formula is C19H14F3N5. The molecule has 8 heteroatoms. The quantitative estimate of drug-likeness (QED) is 0.567. The molecule has 0 aliphatic rings. The minimum atomic E-state index is -4.44. The highest BCUT2D eigenvalue weighted by Gasteiger charge is 2.30. The normalized spacial score (nSPS) is 11.8. The molecule has 0 spiro atoms. The molecule has 0 amide bonds. The van der Waals surface area contributed by atoms with Gasteiger partial charge in [0.1, 0.15) is 5.82 Å². The largest absolute Gasteiger partial charge is 0.416 e. The summed E-state index contributed by atoms with van der Waals surface area (Å²) in [6.45, 7) is 0. The van der Waals surface area contributed by atoms with Crippen molar-refractivity contribution in [2.45, 2.75) is 12.6 Å². The predicted octanol–water partition coefficient (Wildman–Crippen LogP) is 4.21. The Bertz CT molecular complexity index is 1100.